The molecule has 0 spiro atoms. The van der Waals surface area contributed by atoms with Gasteiger partial charge in [0.25, 0.3) is 0 Å². The van der Waals surface area contributed by atoms with Gasteiger partial charge in [-0.05, 0) is 45.9 Å². The van der Waals surface area contributed by atoms with E-state index < -0.39 is 43.4 Å². The molecule has 192 valence electrons. The van der Waals surface area contributed by atoms with Gasteiger partial charge in [0.05, 0.1) is 18.8 Å². The second-order valence-corrected chi connectivity index (χ2v) is 10.4. The van der Waals surface area contributed by atoms with Crippen LogP contribution >= 0.6 is 7.75 Å². The minimum Gasteiger partial charge on any atom is -0.462 e. The fraction of sp³-hybridized carbons (Fsp3) is 0.500. The number of nitrogens with one attached hydrogen (secondary N) is 1. The molecule has 0 aliphatic carbocycles. The molecule has 0 bridgehead atoms. The molecule has 0 radical (unpaired) electrons. The number of rotatable bonds is 10. The number of carbonyl (C=O) groups excluding carboxylic acids is 1. The van der Waals surface area contributed by atoms with E-state index in [4.69, 9.17) is 24.3 Å². The van der Waals surface area contributed by atoms with Crippen LogP contribution in [0.5, 0.6) is 5.75 Å². The average molecular weight is 512 g/mol. The SMILES string of the molecule is CC(C)OC(=O)[C@H](C)N[P@@](=O)(OC[C@@H]1C[C@@](C)(F)[C@H](n2ccc(N)nc2=O)O1)Oc1ccccc1. The van der Waals surface area contributed by atoms with Gasteiger partial charge in [-0.1, -0.05) is 18.2 Å². The first-order valence-electron chi connectivity index (χ1n) is 11.0. The summed E-state index contributed by atoms with van der Waals surface area (Å²) in [5.41, 5.74) is 2.78. The van der Waals surface area contributed by atoms with Crippen molar-refractivity contribution in [3.05, 3.63) is 53.1 Å². The van der Waals surface area contributed by atoms with Crippen LogP contribution in [-0.4, -0.2) is 46.0 Å². The molecule has 35 heavy (non-hydrogen) atoms. The molecule has 1 aromatic carbocycles. The predicted molar refractivity (Wildman–Crippen MR) is 125 cm³/mol. The third-order valence-corrected chi connectivity index (χ3v) is 6.67. The molecule has 3 N–H and O–H groups in total. The highest BCUT2D eigenvalue weighted by atomic mass is 31.2. The van der Waals surface area contributed by atoms with Gasteiger partial charge in [0, 0.05) is 12.6 Å². The highest BCUT2D eigenvalue weighted by molar-refractivity contribution is 7.52. The van der Waals surface area contributed by atoms with E-state index in [0.717, 1.165) is 4.57 Å². The summed E-state index contributed by atoms with van der Waals surface area (Å²) in [7, 11) is -4.15. The van der Waals surface area contributed by atoms with Gasteiger partial charge in [-0.15, -0.1) is 0 Å². The molecule has 0 amide bonds. The highest BCUT2D eigenvalue weighted by Gasteiger charge is 2.48. The molecule has 0 saturated carbocycles. The summed E-state index contributed by atoms with van der Waals surface area (Å²) < 4.78 is 51.9. The van der Waals surface area contributed by atoms with E-state index in [1.54, 1.807) is 44.2 Å². The number of para-hydroxylation sites is 1. The Morgan fingerprint density at radius 1 is 1.34 bits per heavy atom. The first-order valence-corrected chi connectivity index (χ1v) is 12.6. The second-order valence-electron chi connectivity index (χ2n) is 8.67. The summed E-state index contributed by atoms with van der Waals surface area (Å²) in [6.45, 7) is 5.76. The van der Waals surface area contributed by atoms with Crippen LogP contribution in [0.4, 0.5) is 10.2 Å². The second kappa shape index (κ2) is 10.9. The van der Waals surface area contributed by atoms with Crippen LogP contribution in [0, 0.1) is 0 Å². The van der Waals surface area contributed by atoms with Crippen LogP contribution in [0.2, 0.25) is 0 Å². The van der Waals surface area contributed by atoms with Gasteiger partial charge in [0.2, 0.25) is 0 Å². The maximum absolute atomic E-state index is 15.3. The van der Waals surface area contributed by atoms with Gasteiger partial charge in [-0.3, -0.25) is 13.9 Å². The minimum absolute atomic E-state index is 0.000113. The Hall–Kier alpha value is -2.79. The standard InChI is InChI=1S/C22H30FN4O7P/c1-14(2)32-19(28)15(3)26-35(30,34-16-8-6-5-7-9-16)31-13-17-12-22(4,23)20(33-17)27-11-10-18(24)25-21(27)29/h5-11,14-15,17,20H,12-13H2,1-4H3,(H,26,30)(H2,24,25,29)/t15-,17-,20+,22+,35+/m0/s1. The van der Waals surface area contributed by atoms with Crippen molar-refractivity contribution in [3.63, 3.8) is 0 Å². The van der Waals surface area contributed by atoms with Crippen molar-refractivity contribution in [1.29, 1.82) is 0 Å². The van der Waals surface area contributed by atoms with Gasteiger partial charge in [0.15, 0.2) is 11.9 Å². The van der Waals surface area contributed by atoms with Crippen molar-refractivity contribution in [2.24, 2.45) is 0 Å². The Bertz CT molecular complexity index is 1130. The van der Waals surface area contributed by atoms with Crippen molar-refractivity contribution in [1.82, 2.24) is 14.6 Å². The van der Waals surface area contributed by atoms with E-state index in [2.05, 4.69) is 10.1 Å². The van der Waals surface area contributed by atoms with Gasteiger partial charge >= 0.3 is 19.4 Å². The van der Waals surface area contributed by atoms with Gasteiger partial charge in [-0.2, -0.15) is 10.1 Å². The fourth-order valence-corrected chi connectivity index (χ4v) is 5.01. The normalized spacial score (nSPS) is 24.6. The Morgan fingerprint density at radius 2 is 2.03 bits per heavy atom. The lowest BCUT2D eigenvalue weighted by atomic mass is 10.0. The van der Waals surface area contributed by atoms with Crippen LogP contribution < -0.4 is 21.0 Å². The van der Waals surface area contributed by atoms with Crippen molar-refractivity contribution < 1.29 is 32.3 Å². The number of nitrogen functional groups attached to an aromatic ring is 1. The smallest absolute Gasteiger partial charge is 0.459 e. The van der Waals surface area contributed by atoms with Crippen LogP contribution in [0.3, 0.4) is 0 Å². The number of ether oxygens (including phenoxy) is 2. The van der Waals surface area contributed by atoms with Crippen LogP contribution in [-0.2, 0) is 23.4 Å². The molecule has 2 aromatic rings. The van der Waals surface area contributed by atoms with E-state index in [1.165, 1.54) is 26.1 Å². The number of benzene rings is 1. The van der Waals surface area contributed by atoms with E-state index in [-0.39, 0.29) is 30.7 Å². The molecule has 1 aliphatic rings. The van der Waals surface area contributed by atoms with Crippen molar-refractivity contribution in [2.75, 3.05) is 12.3 Å². The number of carbonyl (C=O) groups is 1. The van der Waals surface area contributed by atoms with E-state index in [9.17, 15) is 14.2 Å². The third kappa shape index (κ3) is 7.11. The molecular weight excluding hydrogens is 482 g/mol. The summed E-state index contributed by atoms with van der Waals surface area (Å²) in [5.74, 6) is -0.420. The number of alkyl halides is 1. The highest BCUT2D eigenvalue weighted by Crippen LogP contribution is 2.47. The summed E-state index contributed by atoms with van der Waals surface area (Å²) in [6, 6.07) is 8.55. The number of nitrogens with zero attached hydrogens (tertiary/aromatic N) is 2. The lowest BCUT2D eigenvalue weighted by molar-refractivity contribution is -0.149. The van der Waals surface area contributed by atoms with Gasteiger partial charge in [0.1, 0.15) is 17.6 Å². The monoisotopic (exact) mass is 512 g/mol. The van der Waals surface area contributed by atoms with Gasteiger partial charge < -0.3 is 19.7 Å². The zero-order valence-corrected chi connectivity index (χ0v) is 20.8. The Balaban J connectivity index is 1.74. The Labute approximate surface area is 202 Å². The Morgan fingerprint density at radius 3 is 2.66 bits per heavy atom. The molecule has 11 nitrogen and oxygen atoms in total. The topological polar surface area (TPSA) is 144 Å². The van der Waals surface area contributed by atoms with Crippen molar-refractivity contribution in [2.45, 2.75) is 64.3 Å². The van der Waals surface area contributed by atoms with Crippen LogP contribution in [0.25, 0.3) is 0 Å². The summed E-state index contributed by atoms with van der Waals surface area (Å²) in [6.07, 6.45) is -1.42. The molecule has 2 heterocycles. The predicted octanol–water partition coefficient (Wildman–Crippen LogP) is 2.97. The number of esters is 1. The lowest BCUT2D eigenvalue weighted by Crippen LogP contribution is -2.36. The fourth-order valence-electron chi connectivity index (χ4n) is 3.49. The number of anilines is 1. The number of hydrogen-bond donors (Lipinski definition) is 2. The molecule has 0 unspecified atom stereocenters. The molecule has 1 saturated heterocycles. The first kappa shape index (κ1) is 26.8. The van der Waals surface area contributed by atoms with E-state index in [0.29, 0.717) is 0 Å². The lowest BCUT2D eigenvalue weighted by Gasteiger charge is -2.24. The van der Waals surface area contributed by atoms with Gasteiger partial charge in [-0.25, -0.2) is 13.8 Å². The summed E-state index contributed by atoms with van der Waals surface area (Å²) >= 11 is 0. The molecule has 1 fully saturated rings. The van der Waals surface area contributed by atoms with E-state index >= 15 is 4.39 Å². The number of halogens is 1. The number of nitrogens with two attached hydrogens (primary N) is 1. The number of aromatic nitrogens is 2. The molecule has 13 heteroatoms. The minimum atomic E-state index is -4.15. The maximum Gasteiger partial charge on any atom is 0.459 e. The molecule has 5 atom stereocenters. The maximum atomic E-state index is 15.3. The van der Waals surface area contributed by atoms with Crippen molar-refractivity contribution >= 4 is 19.5 Å². The molecule has 1 aliphatic heterocycles. The summed E-state index contributed by atoms with van der Waals surface area (Å²) in [5, 5.41) is 2.56. The summed E-state index contributed by atoms with van der Waals surface area (Å²) in [4.78, 5) is 28.0. The first-order chi connectivity index (χ1) is 16.4. The average Bonchev–Trinajstić information content (AvgIpc) is 3.06. The Kier molecular flexibility index (Phi) is 8.32. The number of hydrogen-bond acceptors (Lipinski definition) is 9. The molecule has 1 aromatic heterocycles. The van der Waals surface area contributed by atoms with Crippen LogP contribution in [0.15, 0.2) is 47.4 Å². The van der Waals surface area contributed by atoms with Crippen molar-refractivity contribution in [3.8, 4) is 5.75 Å². The van der Waals surface area contributed by atoms with E-state index in [1.807, 2.05) is 0 Å². The zero-order chi connectivity index (χ0) is 25.8. The molecule has 3 rings (SSSR count). The zero-order valence-electron chi connectivity index (χ0n) is 19.9. The quantitative estimate of drug-likeness (QED) is 0.360. The largest absolute Gasteiger partial charge is 0.462 e. The third-order valence-electron chi connectivity index (χ3n) is 5.02. The molecular formula is C22H30FN4O7P. The van der Waals surface area contributed by atoms with Crippen LogP contribution in [0.1, 0.15) is 40.3 Å².